The number of nitrogens with one attached hydrogen (secondary N) is 2. The van der Waals surface area contributed by atoms with Crippen LogP contribution < -0.4 is 15.4 Å². The van der Waals surface area contributed by atoms with Crippen molar-refractivity contribution in [1.29, 1.82) is 0 Å². The third-order valence-electron chi connectivity index (χ3n) is 4.48. The molecule has 2 N–H and O–H groups in total. The second-order valence-corrected chi connectivity index (χ2v) is 6.62. The summed E-state index contributed by atoms with van der Waals surface area (Å²) in [7, 11) is 1.64. The van der Waals surface area contributed by atoms with E-state index in [1.165, 1.54) is 25.9 Å². The van der Waals surface area contributed by atoms with Gasteiger partial charge in [0.2, 0.25) is 0 Å². The van der Waals surface area contributed by atoms with Crippen LogP contribution in [0.2, 0.25) is 0 Å². The number of piperidine rings is 1. The molecule has 0 radical (unpaired) electrons. The number of nitrogens with zero attached hydrogens (tertiary/aromatic N) is 1. The molecule has 1 aromatic rings. The minimum Gasteiger partial charge on any atom is -0.491 e. The highest BCUT2D eigenvalue weighted by Gasteiger charge is 2.14. The summed E-state index contributed by atoms with van der Waals surface area (Å²) in [6.45, 7) is 7.51. The molecular formula is C19H31N3O3. The second-order valence-electron chi connectivity index (χ2n) is 6.62. The van der Waals surface area contributed by atoms with Crippen LogP contribution in [-0.4, -0.2) is 57.4 Å². The Hall–Kier alpha value is -1.79. The molecule has 25 heavy (non-hydrogen) atoms. The van der Waals surface area contributed by atoms with E-state index in [1.54, 1.807) is 7.11 Å². The first kappa shape index (κ1) is 19.5. The zero-order valence-electron chi connectivity index (χ0n) is 15.4. The molecule has 6 heteroatoms. The summed E-state index contributed by atoms with van der Waals surface area (Å²) in [5.41, 5.74) is 0.751. The minimum atomic E-state index is -0.166. The molecular weight excluding hydrogens is 318 g/mol. The fourth-order valence-corrected chi connectivity index (χ4v) is 2.84. The molecule has 1 fully saturated rings. The lowest BCUT2D eigenvalue weighted by Gasteiger charge is -2.30. The van der Waals surface area contributed by atoms with Crippen molar-refractivity contribution < 1.29 is 14.3 Å². The van der Waals surface area contributed by atoms with Crippen molar-refractivity contribution in [3.63, 3.8) is 0 Å². The third kappa shape index (κ3) is 7.75. The number of hydrogen-bond donors (Lipinski definition) is 2. The van der Waals surface area contributed by atoms with Gasteiger partial charge in [-0.25, -0.2) is 4.79 Å². The Morgan fingerprint density at radius 1 is 1.20 bits per heavy atom. The van der Waals surface area contributed by atoms with Crippen molar-refractivity contribution >= 4 is 11.7 Å². The topological polar surface area (TPSA) is 62.8 Å². The van der Waals surface area contributed by atoms with E-state index in [2.05, 4.69) is 22.5 Å². The summed E-state index contributed by atoms with van der Waals surface area (Å²) >= 11 is 0. The largest absolute Gasteiger partial charge is 0.491 e. The Bertz CT molecular complexity index is 499. The molecule has 0 atom stereocenters. The number of urea groups is 1. The number of rotatable bonds is 9. The minimum absolute atomic E-state index is 0.166. The number of carbonyl (C=O) groups is 1. The number of hydrogen-bond acceptors (Lipinski definition) is 4. The Labute approximate surface area is 150 Å². The van der Waals surface area contributed by atoms with E-state index in [0.717, 1.165) is 30.3 Å². The fourth-order valence-electron chi connectivity index (χ4n) is 2.84. The number of likely N-dealkylation sites (tertiary alicyclic amines) is 1. The summed E-state index contributed by atoms with van der Waals surface area (Å²) in [4.78, 5) is 14.4. The van der Waals surface area contributed by atoms with E-state index in [1.807, 2.05) is 24.3 Å². The monoisotopic (exact) mass is 349 g/mol. The van der Waals surface area contributed by atoms with Gasteiger partial charge in [0.05, 0.1) is 6.61 Å². The van der Waals surface area contributed by atoms with Gasteiger partial charge in [0, 0.05) is 19.3 Å². The summed E-state index contributed by atoms with van der Waals surface area (Å²) in [5.74, 6) is 1.62. The molecule has 1 aliphatic heterocycles. The van der Waals surface area contributed by atoms with E-state index < -0.39 is 0 Å². The molecule has 0 aliphatic carbocycles. The molecule has 0 saturated carbocycles. The zero-order chi connectivity index (χ0) is 17.9. The van der Waals surface area contributed by atoms with Crippen LogP contribution in [0.1, 0.15) is 26.2 Å². The van der Waals surface area contributed by atoms with Crippen LogP contribution in [0.15, 0.2) is 24.3 Å². The molecule has 1 saturated heterocycles. The SMILES string of the molecule is COCCOc1ccc(NC(=O)NCCCN2CCC(C)CC2)cc1. The molecule has 0 spiro atoms. The quantitative estimate of drug-likeness (QED) is 0.673. The first-order valence-corrected chi connectivity index (χ1v) is 9.16. The van der Waals surface area contributed by atoms with Crippen molar-refractivity contribution in [1.82, 2.24) is 10.2 Å². The molecule has 1 aliphatic rings. The smallest absolute Gasteiger partial charge is 0.319 e. The van der Waals surface area contributed by atoms with Crippen LogP contribution in [0.4, 0.5) is 10.5 Å². The van der Waals surface area contributed by atoms with E-state index in [0.29, 0.717) is 19.8 Å². The summed E-state index contributed by atoms with van der Waals surface area (Å²) in [6, 6.07) is 7.17. The van der Waals surface area contributed by atoms with Gasteiger partial charge in [-0.2, -0.15) is 0 Å². The highest BCUT2D eigenvalue weighted by molar-refractivity contribution is 5.89. The first-order chi connectivity index (χ1) is 12.2. The van der Waals surface area contributed by atoms with Crippen molar-refractivity contribution in [3.05, 3.63) is 24.3 Å². The van der Waals surface area contributed by atoms with Crippen LogP contribution in [0.3, 0.4) is 0 Å². The number of amides is 2. The predicted molar refractivity (Wildman–Crippen MR) is 100 cm³/mol. The Kier molecular flexibility index (Phi) is 8.55. The van der Waals surface area contributed by atoms with Crippen LogP contribution in [-0.2, 0) is 4.74 Å². The predicted octanol–water partition coefficient (Wildman–Crippen LogP) is 2.96. The van der Waals surface area contributed by atoms with Gasteiger partial charge >= 0.3 is 6.03 Å². The molecule has 140 valence electrons. The van der Waals surface area contributed by atoms with E-state index in [-0.39, 0.29) is 6.03 Å². The number of methoxy groups -OCH3 is 1. The van der Waals surface area contributed by atoms with Gasteiger partial charge in [-0.3, -0.25) is 0 Å². The third-order valence-corrected chi connectivity index (χ3v) is 4.48. The normalized spacial score (nSPS) is 15.8. The molecule has 6 nitrogen and oxygen atoms in total. The standard InChI is InChI=1S/C19H31N3O3/c1-16-8-12-22(13-9-16)11-3-10-20-19(23)21-17-4-6-18(7-5-17)25-15-14-24-2/h4-7,16H,3,8-15H2,1-2H3,(H2,20,21,23). The van der Waals surface area contributed by atoms with Gasteiger partial charge in [-0.15, -0.1) is 0 Å². The first-order valence-electron chi connectivity index (χ1n) is 9.16. The van der Waals surface area contributed by atoms with E-state index in [9.17, 15) is 4.79 Å². The molecule has 0 bridgehead atoms. The average Bonchev–Trinajstić information content (AvgIpc) is 2.62. The van der Waals surface area contributed by atoms with Gasteiger partial charge in [0.15, 0.2) is 0 Å². The number of anilines is 1. The molecule has 0 unspecified atom stereocenters. The molecule has 1 aromatic carbocycles. The van der Waals surface area contributed by atoms with Crippen LogP contribution in [0, 0.1) is 5.92 Å². The van der Waals surface area contributed by atoms with Crippen molar-refractivity contribution in [2.45, 2.75) is 26.2 Å². The van der Waals surface area contributed by atoms with Crippen LogP contribution >= 0.6 is 0 Å². The van der Waals surface area contributed by atoms with Gasteiger partial charge in [0.1, 0.15) is 12.4 Å². The van der Waals surface area contributed by atoms with Crippen molar-refractivity contribution in [3.8, 4) is 5.75 Å². The highest BCUT2D eigenvalue weighted by atomic mass is 16.5. The average molecular weight is 349 g/mol. The van der Waals surface area contributed by atoms with Crippen molar-refractivity contribution in [2.24, 2.45) is 5.92 Å². The summed E-state index contributed by atoms with van der Waals surface area (Å²) in [6.07, 6.45) is 3.56. The highest BCUT2D eigenvalue weighted by Crippen LogP contribution is 2.16. The van der Waals surface area contributed by atoms with Crippen LogP contribution in [0.25, 0.3) is 0 Å². The Morgan fingerprint density at radius 3 is 2.60 bits per heavy atom. The summed E-state index contributed by atoms with van der Waals surface area (Å²) in [5, 5.41) is 5.75. The Balaban J connectivity index is 1.58. The maximum absolute atomic E-state index is 11.9. The van der Waals surface area contributed by atoms with E-state index >= 15 is 0 Å². The van der Waals surface area contributed by atoms with Crippen molar-refractivity contribution in [2.75, 3.05) is 51.8 Å². The lowest BCUT2D eigenvalue weighted by Crippen LogP contribution is -2.36. The number of carbonyl (C=O) groups excluding carboxylic acids is 1. The van der Waals surface area contributed by atoms with Gasteiger partial charge in [-0.05, 0) is 69.1 Å². The zero-order valence-corrected chi connectivity index (χ0v) is 15.4. The second kappa shape index (κ2) is 10.9. The molecule has 0 aromatic heterocycles. The number of ether oxygens (including phenoxy) is 2. The van der Waals surface area contributed by atoms with E-state index in [4.69, 9.17) is 9.47 Å². The number of benzene rings is 1. The van der Waals surface area contributed by atoms with Crippen LogP contribution in [0.5, 0.6) is 5.75 Å². The fraction of sp³-hybridized carbons (Fsp3) is 0.632. The lowest BCUT2D eigenvalue weighted by atomic mass is 9.99. The lowest BCUT2D eigenvalue weighted by molar-refractivity contribution is 0.146. The van der Waals surface area contributed by atoms with Gasteiger partial charge in [0.25, 0.3) is 0 Å². The summed E-state index contributed by atoms with van der Waals surface area (Å²) < 4.78 is 10.4. The Morgan fingerprint density at radius 2 is 1.92 bits per heavy atom. The van der Waals surface area contributed by atoms with Gasteiger partial charge < -0.3 is 25.0 Å². The molecule has 2 amide bonds. The maximum Gasteiger partial charge on any atom is 0.319 e. The maximum atomic E-state index is 11.9. The molecule has 1 heterocycles. The molecule has 2 rings (SSSR count). The van der Waals surface area contributed by atoms with Gasteiger partial charge in [-0.1, -0.05) is 6.92 Å².